The molecule has 6 nitrogen and oxygen atoms in total. The summed E-state index contributed by atoms with van der Waals surface area (Å²) in [5, 5.41) is 9.63. The van der Waals surface area contributed by atoms with Gasteiger partial charge in [0.2, 0.25) is 5.91 Å². The lowest BCUT2D eigenvalue weighted by molar-refractivity contribution is -0.113. The number of aromatic nitrogens is 1. The molecule has 0 fully saturated rings. The molecule has 8 heteroatoms. The molecular formula is C34H25N3O3S2. The van der Waals surface area contributed by atoms with E-state index in [0.717, 1.165) is 31.6 Å². The number of benzene rings is 4. The van der Waals surface area contributed by atoms with Gasteiger partial charge in [-0.1, -0.05) is 60.7 Å². The third-order valence-corrected chi connectivity index (χ3v) is 8.48. The summed E-state index contributed by atoms with van der Waals surface area (Å²) < 4.78 is 1.79. The van der Waals surface area contributed by atoms with Gasteiger partial charge in [0.25, 0.3) is 11.8 Å². The Morgan fingerprint density at radius 3 is 2.02 bits per heavy atom. The highest BCUT2D eigenvalue weighted by Gasteiger charge is 2.17. The van der Waals surface area contributed by atoms with Crippen LogP contribution >= 0.6 is 23.1 Å². The lowest BCUT2D eigenvalue weighted by Crippen LogP contribution is -2.30. The van der Waals surface area contributed by atoms with E-state index in [0.29, 0.717) is 11.3 Å². The van der Waals surface area contributed by atoms with Crippen molar-refractivity contribution in [1.29, 1.82) is 0 Å². The van der Waals surface area contributed by atoms with Crippen LogP contribution in [0.15, 0.2) is 131 Å². The van der Waals surface area contributed by atoms with Gasteiger partial charge in [-0.05, 0) is 66.1 Å². The van der Waals surface area contributed by atoms with Crippen LogP contribution in [-0.4, -0.2) is 28.0 Å². The van der Waals surface area contributed by atoms with Gasteiger partial charge < -0.3 is 10.6 Å². The van der Waals surface area contributed by atoms with Crippen LogP contribution in [0.5, 0.6) is 0 Å². The number of thioether (sulfide) groups is 1. The molecule has 0 aliphatic rings. The first-order chi connectivity index (χ1) is 20.6. The molecule has 0 radical (unpaired) electrons. The number of carbonyl (C=O) groups is 3. The van der Waals surface area contributed by atoms with Crippen molar-refractivity contribution >= 4 is 74.4 Å². The summed E-state index contributed by atoms with van der Waals surface area (Å²) in [4.78, 5) is 41.1. The van der Waals surface area contributed by atoms with E-state index in [-0.39, 0.29) is 23.3 Å². The number of hydrogen-bond acceptors (Lipinski definition) is 5. The zero-order chi connectivity index (χ0) is 28.9. The van der Waals surface area contributed by atoms with Crippen molar-refractivity contribution in [3.63, 3.8) is 0 Å². The van der Waals surface area contributed by atoms with Crippen LogP contribution in [0.1, 0.15) is 20.0 Å². The van der Waals surface area contributed by atoms with E-state index < -0.39 is 5.91 Å². The van der Waals surface area contributed by atoms with Crippen molar-refractivity contribution in [2.24, 2.45) is 0 Å². The van der Waals surface area contributed by atoms with Crippen LogP contribution < -0.4 is 10.6 Å². The smallest absolute Gasteiger partial charge is 0.272 e. The van der Waals surface area contributed by atoms with Crippen molar-refractivity contribution in [2.45, 2.75) is 4.90 Å². The van der Waals surface area contributed by atoms with Gasteiger partial charge in [-0.2, -0.15) is 0 Å². The van der Waals surface area contributed by atoms with Crippen LogP contribution in [0.2, 0.25) is 0 Å². The quantitative estimate of drug-likeness (QED) is 0.141. The van der Waals surface area contributed by atoms with E-state index in [1.165, 1.54) is 23.1 Å². The van der Waals surface area contributed by atoms with Gasteiger partial charge in [-0.15, -0.1) is 23.1 Å². The Labute approximate surface area is 250 Å². The minimum Gasteiger partial charge on any atom is -0.321 e. The van der Waals surface area contributed by atoms with E-state index in [1.807, 2.05) is 84.2 Å². The summed E-state index contributed by atoms with van der Waals surface area (Å²) >= 11 is 2.90. The van der Waals surface area contributed by atoms with Crippen molar-refractivity contribution in [2.75, 3.05) is 11.1 Å². The fourth-order valence-corrected chi connectivity index (χ4v) is 6.10. The number of carbonyl (C=O) groups excluding carboxylic acids is 3. The Morgan fingerprint density at radius 1 is 0.738 bits per heavy atom. The van der Waals surface area contributed by atoms with Gasteiger partial charge in [-0.25, -0.2) is 0 Å². The highest BCUT2D eigenvalue weighted by atomic mass is 32.2. The first-order valence-corrected chi connectivity index (χ1v) is 15.1. The molecule has 2 aromatic heterocycles. The van der Waals surface area contributed by atoms with E-state index in [9.17, 15) is 14.4 Å². The van der Waals surface area contributed by atoms with Gasteiger partial charge in [0.1, 0.15) is 5.70 Å². The van der Waals surface area contributed by atoms with E-state index in [1.54, 1.807) is 47.0 Å². The molecule has 2 N–H and O–H groups in total. The van der Waals surface area contributed by atoms with Crippen molar-refractivity contribution in [3.05, 3.63) is 137 Å². The predicted octanol–water partition coefficient (Wildman–Crippen LogP) is 7.70. The second kappa shape index (κ2) is 12.3. The number of thiophene rings is 1. The normalized spacial score (nSPS) is 11.5. The molecular weight excluding hydrogens is 563 g/mol. The molecule has 0 aliphatic carbocycles. The molecule has 6 aromatic rings. The maximum absolute atomic E-state index is 13.4. The van der Waals surface area contributed by atoms with Gasteiger partial charge in [-0.3, -0.25) is 19.0 Å². The Hall–Kier alpha value is -4.92. The summed E-state index contributed by atoms with van der Waals surface area (Å²) in [5.41, 5.74) is 2.96. The number of rotatable bonds is 8. The molecule has 0 unspecified atom stereocenters. The van der Waals surface area contributed by atoms with Crippen LogP contribution in [-0.2, 0) is 4.79 Å². The molecule has 0 aliphatic heterocycles. The maximum Gasteiger partial charge on any atom is 0.272 e. The number of hydrogen-bond donors (Lipinski definition) is 2. The third-order valence-electron chi connectivity index (χ3n) is 6.66. The SMILES string of the molecule is O=C(Nc1ccc(SCC(=O)n2c3ccccc3c3ccccc32)cc1)/C(=C/c1cccs1)NC(=O)c1ccccc1. The minimum atomic E-state index is -0.436. The second-order valence-corrected chi connectivity index (χ2v) is 11.5. The Balaban J connectivity index is 1.14. The average molecular weight is 588 g/mol. The molecule has 4 aromatic carbocycles. The predicted molar refractivity (Wildman–Crippen MR) is 172 cm³/mol. The minimum absolute atomic E-state index is 0.00714. The Kier molecular flexibility index (Phi) is 7.98. The number of nitrogens with zero attached hydrogens (tertiary/aromatic N) is 1. The summed E-state index contributed by atoms with van der Waals surface area (Å²) in [6.07, 6.45) is 1.66. The summed E-state index contributed by atoms with van der Waals surface area (Å²) in [6.45, 7) is 0. The van der Waals surface area contributed by atoms with Crippen LogP contribution in [0.4, 0.5) is 5.69 Å². The van der Waals surface area contributed by atoms with Crippen molar-refractivity contribution in [1.82, 2.24) is 9.88 Å². The molecule has 6 rings (SSSR count). The van der Waals surface area contributed by atoms with Gasteiger partial charge in [0.05, 0.1) is 16.8 Å². The molecule has 2 heterocycles. The molecule has 0 atom stereocenters. The standard InChI is InChI=1S/C34H25N3O3S2/c38-32(37-30-14-6-4-12-27(30)28-13-5-7-15-31(28)37)22-42-25-18-16-24(17-19-25)35-34(40)29(21-26-11-8-20-41-26)36-33(39)23-9-2-1-3-10-23/h1-21H,22H2,(H,35,40)(H,36,39)/b29-21-. The zero-order valence-electron chi connectivity index (χ0n) is 22.3. The number of anilines is 1. The first-order valence-electron chi connectivity index (χ1n) is 13.2. The maximum atomic E-state index is 13.4. The monoisotopic (exact) mass is 587 g/mol. The third kappa shape index (κ3) is 5.90. The van der Waals surface area contributed by atoms with E-state index in [4.69, 9.17) is 0 Å². The average Bonchev–Trinajstić information content (AvgIpc) is 3.66. The van der Waals surface area contributed by atoms with E-state index >= 15 is 0 Å². The fraction of sp³-hybridized carbons (Fsp3) is 0.0294. The van der Waals surface area contributed by atoms with Gasteiger partial charge in [0, 0.05) is 31.8 Å². The van der Waals surface area contributed by atoms with Crippen LogP contribution in [0.25, 0.3) is 27.9 Å². The number of para-hydroxylation sites is 2. The summed E-state index contributed by atoms with van der Waals surface area (Å²) in [7, 11) is 0. The molecule has 42 heavy (non-hydrogen) atoms. The Morgan fingerprint density at radius 2 is 1.38 bits per heavy atom. The van der Waals surface area contributed by atoms with Crippen LogP contribution in [0, 0.1) is 0 Å². The largest absolute Gasteiger partial charge is 0.321 e. The van der Waals surface area contributed by atoms with Crippen LogP contribution in [0.3, 0.4) is 0 Å². The summed E-state index contributed by atoms with van der Waals surface area (Å²) in [6, 6.07) is 35.7. The van der Waals surface area contributed by atoms with Crippen molar-refractivity contribution < 1.29 is 14.4 Å². The summed E-state index contributed by atoms with van der Waals surface area (Å²) in [5.74, 6) is -0.553. The van der Waals surface area contributed by atoms with E-state index in [2.05, 4.69) is 10.6 Å². The lowest BCUT2D eigenvalue weighted by Gasteiger charge is -2.11. The lowest BCUT2D eigenvalue weighted by atomic mass is 10.2. The highest BCUT2D eigenvalue weighted by Crippen LogP contribution is 2.30. The number of fused-ring (bicyclic) bond motifs is 3. The topological polar surface area (TPSA) is 80.2 Å². The van der Waals surface area contributed by atoms with Gasteiger partial charge in [0.15, 0.2) is 0 Å². The molecule has 2 amide bonds. The van der Waals surface area contributed by atoms with Crippen molar-refractivity contribution in [3.8, 4) is 0 Å². The molecule has 0 saturated heterocycles. The fourth-order valence-electron chi connectivity index (χ4n) is 4.69. The highest BCUT2D eigenvalue weighted by molar-refractivity contribution is 8.00. The van der Waals surface area contributed by atoms with Gasteiger partial charge >= 0.3 is 0 Å². The molecule has 206 valence electrons. The molecule has 0 bridgehead atoms. The zero-order valence-corrected chi connectivity index (χ0v) is 24.0. The first kappa shape index (κ1) is 27.3. The second-order valence-electron chi connectivity index (χ2n) is 9.42. The Bertz CT molecular complexity index is 1870. The number of amides is 2. The number of nitrogens with one attached hydrogen (secondary N) is 2. The molecule has 0 saturated carbocycles. The molecule has 0 spiro atoms.